The Labute approximate surface area is 85.8 Å². The topological polar surface area (TPSA) is 9.23 Å². The number of halogens is 2. The summed E-state index contributed by atoms with van der Waals surface area (Å²) in [7, 11) is 0. The smallest absolute Gasteiger partial charge is 0.169 e. The Morgan fingerprint density at radius 1 is 1.58 bits per heavy atom. The van der Waals surface area contributed by atoms with Crippen LogP contribution in [-0.2, 0) is 5.33 Å². The fraction of sp³-hybridized carbons (Fsp3) is 0.333. The highest BCUT2D eigenvalue weighted by Crippen LogP contribution is 2.17. The van der Waals surface area contributed by atoms with E-state index in [1.807, 2.05) is 24.3 Å². The fourth-order valence-corrected chi connectivity index (χ4v) is 1.34. The van der Waals surface area contributed by atoms with Crippen molar-refractivity contribution in [3.63, 3.8) is 0 Å². The van der Waals surface area contributed by atoms with Gasteiger partial charge in [-0.1, -0.05) is 39.7 Å². The standard InChI is InChI=1S/C9H10BrClO/c1-7(11)12-9-4-2-3-8(5-9)6-10/h2-5,7H,6H2,1H3. The molecule has 0 radical (unpaired) electrons. The van der Waals surface area contributed by atoms with Gasteiger partial charge in [0.2, 0.25) is 0 Å². The quantitative estimate of drug-likeness (QED) is 0.745. The summed E-state index contributed by atoms with van der Waals surface area (Å²) in [5.41, 5.74) is 0.903. The van der Waals surface area contributed by atoms with E-state index < -0.39 is 0 Å². The van der Waals surface area contributed by atoms with Crippen molar-refractivity contribution < 1.29 is 4.74 Å². The molecule has 0 aliphatic rings. The summed E-state index contributed by atoms with van der Waals surface area (Å²) in [6, 6.07) is 7.84. The molecule has 0 aliphatic carbocycles. The van der Waals surface area contributed by atoms with Crippen molar-refractivity contribution in [2.45, 2.75) is 17.8 Å². The lowest BCUT2D eigenvalue weighted by Gasteiger charge is -2.08. The first-order valence-electron chi connectivity index (χ1n) is 3.68. The van der Waals surface area contributed by atoms with Gasteiger partial charge in [0, 0.05) is 5.33 Å². The van der Waals surface area contributed by atoms with E-state index in [9.17, 15) is 0 Å². The third-order valence-electron chi connectivity index (χ3n) is 1.35. The molecule has 66 valence electrons. The van der Waals surface area contributed by atoms with Gasteiger partial charge in [-0.3, -0.25) is 0 Å². The molecule has 0 saturated carbocycles. The van der Waals surface area contributed by atoms with Crippen molar-refractivity contribution in [3.05, 3.63) is 29.8 Å². The zero-order valence-corrected chi connectivity index (χ0v) is 9.10. The average Bonchev–Trinajstić information content (AvgIpc) is 2.03. The van der Waals surface area contributed by atoms with Crippen LogP contribution >= 0.6 is 27.5 Å². The highest BCUT2D eigenvalue weighted by molar-refractivity contribution is 9.08. The van der Waals surface area contributed by atoms with Gasteiger partial charge in [-0.25, -0.2) is 0 Å². The van der Waals surface area contributed by atoms with Gasteiger partial charge in [0.1, 0.15) is 5.75 Å². The van der Waals surface area contributed by atoms with E-state index in [1.54, 1.807) is 6.92 Å². The third-order valence-corrected chi connectivity index (χ3v) is 2.09. The van der Waals surface area contributed by atoms with Gasteiger partial charge in [-0.05, 0) is 24.6 Å². The first-order chi connectivity index (χ1) is 5.72. The lowest BCUT2D eigenvalue weighted by molar-refractivity contribution is 0.301. The van der Waals surface area contributed by atoms with Gasteiger partial charge in [0.05, 0.1) is 0 Å². The molecule has 1 nitrogen and oxygen atoms in total. The minimum absolute atomic E-state index is 0.282. The zero-order valence-electron chi connectivity index (χ0n) is 6.76. The number of hydrogen-bond donors (Lipinski definition) is 0. The number of alkyl halides is 2. The minimum atomic E-state index is -0.282. The summed E-state index contributed by atoms with van der Waals surface area (Å²) in [5, 5.41) is 0.834. The summed E-state index contributed by atoms with van der Waals surface area (Å²) >= 11 is 9.04. The second-order valence-electron chi connectivity index (χ2n) is 2.44. The van der Waals surface area contributed by atoms with Crippen molar-refractivity contribution >= 4 is 27.5 Å². The van der Waals surface area contributed by atoms with E-state index in [1.165, 1.54) is 5.56 Å². The van der Waals surface area contributed by atoms with Crippen molar-refractivity contribution in [2.75, 3.05) is 0 Å². The van der Waals surface area contributed by atoms with Crippen LogP contribution in [0.4, 0.5) is 0 Å². The molecule has 0 aromatic heterocycles. The Hall–Kier alpha value is -0.210. The van der Waals surface area contributed by atoms with Crippen molar-refractivity contribution in [2.24, 2.45) is 0 Å². The fourth-order valence-electron chi connectivity index (χ4n) is 0.889. The van der Waals surface area contributed by atoms with Crippen LogP contribution in [-0.4, -0.2) is 5.56 Å². The summed E-state index contributed by atoms with van der Waals surface area (Å²) in [4.78, 5) is 0. The van der Waals surface area contributed by atoms with Crippen LogP contribution in [0.2, 0.25) is 0 Å². The molecule has 0 heterocycles. The van der Waals surface area contributed by atoms with Crippen LogP contribution in [0.3, 0.4) is 0 Å². The van der Waals surface area contributed by atoms with Gasteiger partial charge in [0.25, 0.3) is 0 Å². The number of benzene rings is 1. The first kappa shape index (κ1) is 9.87. The normalized spacial score (nSPS) is 12.6. The molecule has 0 bridgehead atoms. The summed E-state index contributed by atoms with van der Waals surface area (Å²) in [5.74, 6) is 0.814. The maximum atomic E-state index is 5.67. The van der Waals surface area contributed by atoms with Gasteiger partial charge in [-0.15, -0.1) is 0 Å². The van der Waals surface area contributed by atoms with Gasteiger partial charge < -0.3 is 4.74 Å². The second kappa shape index (κ2) is 4.73. The van der Waals surface area contributed by atoms with Crippen LogP contribution < -0.4 is 4.74 Å². The van der Waals surface area contributed by atoms with Crippen LogP contribution in [0.25, 0.3) is 0 Å². The minimum Gasteiger partial charge on any atom is -0.475 e. The maximum Gasteiger partial charge on any atom is 0.169 e. The summed E-state index contributed by atoms with van der Waals surface area (Å²) in [6.07, 6.45) is 0. The molecule has 0 spiro atoms. The summed E-state index contributed by atoms with van der Waals surface area (Å²) in [6.45, 7) is 1.79. The Balaban J connectivity index is 2.72. The van der Waals surface area contributed by atoms with E-state index in [0.717, 1.165) is 11.1 Å². The Bertz CT molecular complexity index is 250. The molecule has 1 atom stereocenters. The molecule has 1 unspecified atom stereocenters. The predicted octanol–water partition coefficient (Wildman–Crippen LogP) is 3.55. The Morgan fingerprint density at radius 2 is 2.33 bits per heavy atom. The maximum absolute atomic E-state index is 5.67. The number of hydrogen-bond acceptors (Lipinski definition) is 1. The molecular weight excluding hydrogens is 239 g/mol. The van der Waals surface area contributed by atoms with Crippen LogP contribution in [0, 0.1) is 0 Å². The molecule has 0 N–H and O–H groups in total. The average molecular weight is 250 g/mol. The van der Waals surface area contributed by atoms with Crippen molar-refractivity contribution in [1.82, 2.24) is 0 Å². The monoisotopic (exact) mass is 248 g/mol. The van der Waals surface area contributed by atoms with E-state index in [0.29, 0.717) is 0 Å². The molecule has 12 heavy (non-hydrogen) atoms. The predicted molar refractivity (Wildman–Crippen MR) is 55.0 cm³/mol. The molecular formula is C9H10BrClO. The molecule has 3 heteroatoms. The van der Waals surface area contributed by atoms with Gasteiger partial charge in [-0.2, -0.15) is 0 Å². The van der Waals surface area contributed by atoms with E-state index in [4.69, 9.17) is 16.3 Å². The van der Waals surface area contributed by atoms with Crippen molar-refractivity contribution in [3.8, 4) is 5.75 Å². The second-order valence-corrected chi connectivity index (χ2v) is 3.62. The summed E-state index contributed by atoms with van der Waals surface area (Å²) < 4.78 is 5.30. The van der Waals surface area contributed by atoms with Gasteiger partial charge in [0.15, 0.2) is 5.56 Å². The molecule has 0 aliphatic heterocycles. The molecule has 1 aromatic carbocycles. The number of rotatable bonds is 3. The molecule has 1 aromatic rings. The molecule has 0 amide bonds. The van der Waals surface area contributed by atoms with Crippen LogP contribution in [0.15, 0.2) is 24.3 Å². The first-order valence-corrected chi connectivity index (χ1v) is 5.24. The largest absolute Gasteiger partial charge is 0.475 e. The van der Waals surface area contributed by atoms with E-state index >= 15 is 0 Å². The Morgan fingerprint density at radius 3 is 2.92 bits per heavy atom. The Kier molecular flexibility index (Phi) is 3.89. The molecule has 0 fully saturated rings. The molecule has 0 saturated heterocycles. The highest BCUT2D eigenvalue weighted by atomic mass is 79.9. The highest BCUT2D eigenvalue weighted by Gasteiger charge is 1.98. The number of ether oxygens (including phenoxy) is 1. The van der Waals surface area contributed by atoms with Crippen LogP contribution in [0.1, 0.15) is 12.5 Å². The SMILES string of the molecule is CC(Cl)Oc1cccc(CBr)c1. The van der Waals surface area contributed by atoms with E-state index in [-0.39, 0.29) is 5.56 Å². The zero-order chi connectivity index (χ0) is 8.97. The van der Waals surface area contributed by atoms with Crippen molar-refractivity contribution in [1.29, 1.82) is 0 Å². The lowest BCUT2D eigenvalue weighted by atomic mass is 10.2. The van der Waals surface area contributed by atoms with E-state index in [2.05, 4.69) is 15.9 Å². The van der Waals surface area contributed by atoms with Crippen LogP contribution in [0.5, 0.6) is 5.75 Å². The third kappa shape index (κ3) is 3.03. The molecule has 1 rings (SSSR count). The lowest BCUT2D eigenvalue weighted by Crippen LogP contribution is -2.02. The van der Waals surface area contributed by atoms with Gasteiger partial charge >= 0.3 is 0 Å².